The number of anilines is 1. The number of nitrogens with two attached hydrogens (primary N) is 1. The van der Waals surface area contributed by atoms with Crippen molar-refractivity contribution in [3.8, 4) is 0 Å². The molecule has 0 bridgehead atoms. The summed E-state index contributed by atoms with van der Waals surface area (Å²) >= 11 is 0. The molecule has 1 atom stereocenters. The molecule has 0 spiro atoms. The van der Waals surface area contributed by atoms with E-state index in [4.69, 9.17) is 5.73 Å². The van der Waals surface area contributed by atoms with Crippen molar-refractivity contribution in [2.45, 2.75) is 24.8 Å². The highest BCUT2D eigenvalue weighted by Gasteiger charge is 2.22. The van der Waals surface area contributed by atoms with E-state index in [2.05, 4.69) is 4.72 Å². The predicted molar refractivity (Wildman–Crippen MR) is 80.7 cm³/mol. The van der Waals surface area contributed by atoms with Gasteiger partial charge in [0.25, 0.3) is 0 Å². The molecule has 0 radical (unpaired) electrons. The highest BCUT2D eigenvalue weighted by Crippen LogP contribution is 2.21. The average molecular weight is 308 g/mol. The number of aryl methyl sites for hydroxylation is 1. The van der Waals surface area contributed by atoms with Gasteiger partial charge in [0.2, 0.25) is 10.0 Å². The van der Waals surface area contributed by atoms with Crippen molar-refractivity contribution >= 4 is 15.7 Å². The number of hydrogen-bond acceptors (Lipinski definition) is 3. The molecule has 0 amide bonds. The zero-order valence-corrected chi connectivity index (χ0v) is 12.6. The van der Waals surface area contributed by atoms with Gasteiger partial charge in [-0.3, -0.25) is 0 Å². The summed E-state index contributed by atoms with van der Waals surface area (Å²) in [5, 5.41) is 0. The van der Waals surface area contributed by atoms with E-state index in [1.165, 1.54) is 6.07 Å². The van der Waals surface area contributed by atoms with Crippen LogP contribution < -0.4 is 10.5 Å². The van der Waals surface area contributed by atoms with E-state index in [1.807, 2.05) is 31.2 Å². The second kappa shape index (κ2) is 5.83. The molecule has 2 rings (SSSR count). The lowest BCUT2D eigenvalue weighted by Gasteiger charge is -2.15. The maximum absolute atomic E-state index is 13.7. The first-order valence-corrected chi connectivity index (χ1v) is 7.92. The normalized spacial score (nSPS) is 13.1. The summed E-state index contributed by atoms with van der Waals surface area (Å²) in [5.74, 6) is -0.826. The van der Waals surface area contributed by atoms with E-state index in [9.17, 15) is 12.8 Å². The first kappa shape index (κ1) is 15.5. The Labute approximate surface area is 123 Å². The molecule has 0 fully saturated rings. The molecule has 0 aliphatic rings. The number of rotatable bonds is 4. The number of nitrogens with one attached hydrogen (secondary N) is 1. The van der Waals surface area contributed by atoms with Crippen LogP contribution in [0.4, 0.5) is 10.1 Å². The highest BCUT2D eigenvalue weighted by atomic mass is 32.2. The van der Waals surface area contributed by atoms with Crippen LogP contribution in [0.2, 0.25) is 0 Å². The number of nitrogen functional groups attached to an aromatic ring is 1. The minimum atomic E-state index is -3.98. The van der Waals surface area contributed by atoms with Crippen molar-refractivity contribution < 1.29 is 12.8 Å². The average Bonchev–Trinajstić information content (AvgIpc) is 2.41. The van der Waals surface area contributed by atoms with Crippen LogP contribution in [-0.2, 0) is 10.0 Å². The van der Waals surface area contributed by atoms with Gasteiger partial charge in [0.05, 0.1) is 0 Å². The van der Waals surface area contributed by atoms with Gasteiger partial charge in [-0.05, 0) is 37.6 Å². The molecule has 0 saturated heterocycles. The van der Waals surface area contributed by atoms with Crippen LogP contribution in [0.15, 0.2) is 47.4 Å². The third-order valence-corrected chi connectivity index (χ3v) is 4.71. The quantitative estimate of drug-likeness (QED) is 0.853. The summed E-state index contributed by atoms with van der Waals surface area (Å²) in [6, 6.07) is 10.4. The molecule has 6 heteroatoms. The number of hydrogen-bond donors (Lipinski definition) is 2. The van der Waals surface area contributed by atoms with Crippen molar-refractivity contribution in [3.63, 3.8) is 0 Å². The maximum Gasteiger partial charge on any atom is 0.244 e. The topological polar surface area (TPSA) is 72.2 Å². The Kier molecular flexibility index (Phi) is 4.29. The van der Waals surface area contributed by atoms with E-state index >= 15 is 0 Å². The molecule has 1 unspecified atom stereocenters. The largest absolute Gasteiger partial charge is 0.399 e. The van der Waals surface area contributed by atoms with Gasteiger partial charge >= 0.3 is 0 Å². The van der Waals surface area contributed by atoms with Crippen molar-refractivity contribution in [2.75, 3.05) is 5.73 Å². The molecule has 2 aromatic carbocycles. The van der Waals surface area contributed by atoms with E-state index < -0.39 is 26.8 Å². The van der Waals surface area contributed by atoms with Crippen molar-refractivity contribution in [1.29, 1.82) is 0 Å². The second-order valence-electron chi connectivity index (χ2n) is 4.94. The molecule has 0 aliphatic heterocycles. The minimum absolute atomic E-state index is 0.194. The monoisotopic (exact) mass is 308 g/mol. The Morgan fingerprint density at radius 3 is 2.38 bits per heavy atom. The first-order chi connectivity index (χ1) is 9.79. The van der Waals surface area contributed by atoms with Crippen LogP contribution in [-0.4, -0.2) is 8.42 Å². The lowest BCUT2D eigenvalue weighted by Crippen LogP contribution is -2.27. The molecule has 4 nitrogen and oxygen atoms in total. The standard InChI is InChI=1S/C15H17FN2O2S/c1-10-3-5-12(6-4-10)11(2)18-21(19,20)15-9-13(17)7-8-14(15)16/h3-9,11,18H,17H2,1-2H3. The fourth-order valence-electron chi connectivity index (χ4n) is 1.95. The lowest BCUT2D eigenvalue weighted by molar-refractivity contribution is 0.547. The predicted octanol–water partition coefficient (Wildman–Crippen LogP) is 2.76. The molecule has 2 aromatic rings. The summed E-state index contributed by atoms with van der Waals surface area (Å²) in [5.41, 5.74) is 7.60. The zero-order valence-electron chi connectivity index (χ0n) is 11.8. The van der Waals surface area contributed by atoms with E-state index in [-0.39, 0.29) is 5.69 Å². The van der Waals surface area contributed by atoms with E-state index in [0.717, 1.165) is 23.3 Å². The summed E-state index contributed by atoms with van der Waals surface area (Å²) in [6.07, 6.45) is 0. The lowest BCUT2D eigenvalue weighted by atomic mass is 10.1. The number of halogens is 1. The maximum atomic E-state index is 13.7. The molecule has 0 heterocycles. The van der Waals surface area contributed by atoms with Crippen LogP contribution in [0.3, 0.4) is 0 Å². The first-order valence-electron chi connectivity index (χ1n) is 6.43. The van der Waals surface area contributed by atoms with Crippen LogP contribution in [0.5, 0.6) is 0 Å². The molecule has 0 saturated carbocycles. The van der Waals surface area contributed by atoms with Gasteiger partial charge in [-0.15, -0.1) is 0 Å². The van der Waals surface area contributed by atoms with Gasteiger partial charge in [-0.2, -0.15) is 0 Å². The Morgan fingerprint density at radius 2 is 1.76 bits per heavy atom. The molecule has 0 aromatic heterocycles. The second-order valence-corrected chi connectivity index (χ2v) is 6.63. The summed E-state index contributed by atoms with van der Waals surface area (Å²) in [6.45, 7) is 3.65. The third-order valence-electron chi connectivity index (χ3n) is 3.15. The summed E-state index contributed by atoms with van der Waals surface area (Å²) in [4.78, 5) is -0.443. The fraction of sp³-hybridized carbons (Fsp3) is 0.200. The smallest absolute Gasteiger partial charge is 0.244 e. The van der Waals surface area contributed by atoms with Crippen molar-refractivity contribution in [1.82, 2.24) is 4.72 Å². The molecule has 21 heavy (non-hydrogen) atoms. The number of sulfonamides is 1. The van der Waals surface area contributed by atoms with Gasteiger partial charge in [0.15, 0.2) is 0 Å². The molecular formula is C15H17FN2O2S. The van der Waals surface area contributed by atoms with Crippen LogP contribution in [0.1, 0.15) is 24.1 Å². The van der Waals surface area contributed by atoms with Crippen LogP contribution >= 0.6 is 0 Å². The molecular weight excluding hydrogens is 291 g/mol. The fourth-order valence-corrected chi connectivity index (χ4v) is 3.29. The minimum Gasteiger partial charge on any atom is -0.399 e. The van der Waals surface area contributed by atoms with Gasteiger partial charge < -0.3 is 5.73 Å². The molecule has 3 N–H and O–H groups in total. The third kappa shape index (κ3) is 3.59. The van der Waals surface area contributed by atoms with Crippen LogP contribution in [0, 0.1) is 12.7 Å². The van der Waals surface area contributed by atoms with Gasteiger partial charge in [-0.1, -0.05) is 29.8 Å². The van der Waals surface area contributed by atoms with Crippen LogP contribution in [0.25, 0.3) is 0 Å². The van der Waals surface area contributed by atoms with E-state index in [1.54, 1.807) is 6.92 Å². The zero-order chi connectivity index (χ0) is 15.6. The van der Waals surface area contributed by atoms with Gasteiger partial charge in [0, 0.05) is 11.7 Å². The summed E-state index contributed by atoms with van der Waals surface area (Å²) < 4.78 is 40.6. The highest BCUT2D eigenvalue weighted by molar-refractivity contribution is 7.89. The molecule has 112 valence electrons. The Bertz CT molecular complexity index is 743. The Morgan fingerprint density at radius 1 is 1.14 bits per heavy atom. The number of benzene rings is 2. The SMILES string of the molecule is Cc1ccc(C(C)NS(=O)(=O)c2cc(N)ccc2F)cc1. The van der Waals surface area contributed by atoms with Crippen molar-refractivity contribution in [2.24, 2.45) is 0 Å². The van der Waals surface area contributed by atoms with Gasteiger partial charge in [0.1, 0.15) is 10.7 Å². The van der Waals surface area contributed by atoms with Gasteiger partial charge in [-0.25, -0.2) is 17.5 Å². The van der Waals surface area contributed by atoms with Crippen molar-refractivity contribution in [3.05, 3.63) is 59.4 Å². The summed E-state index contributed by atoms with van der Waals surface area (Å²) in [7, 11) is -3.98. The molecule has 0 aliphatic carbocycles. The Balaban J connectivity index is 2.28. The van der Waals surface area contributed by atoms with E-state index in [0.29, 0.717) is 0 Å². The Hall–Kier alpha value is -1.92.